The molecule has 1 aromatic carbocycles. The van der Waals surface area contributed by atoms with Crippen molar-refractivity contribution in [1.29, 1.82) is 0 Å². The van der Waals surface area contributed by atoms with E-state index in [1.54, 1.807) is 17.4 Å². The number of benzene rings is 1. The molecule has 0 saturated heterocycles. The molecule has 2 aromatic heterocycles. The van der Waals surface area contributed by atoms with Gasteiger partial charge in [0.05, 0.1) is 22.6 Å². The summed E-state index contributed by atoms with van der Waals surface area (Å²) in [5.74, 6) is 0.0102. The van der Waals surface area contributed by atoms with Gasteiger partial charge in [0, 0.05) is 10.8 Å². The van der Waals surface area contributed by atoms with Gasteiger partial charge < -0.3 is 0 Å². The average molecular weight is 268 g/mol. The van der Waals surface area contributed by atoms with Crippen LogP contribution in [0.5, 0.6) is 0 Å². The van der Waals surface area contributed by atoms with Gasteiger partial charge in [-0.25, -0.2) is 9.97 Å². The molecule has 0 aliphatic rings. The molecule has 0 radical (unpaired) electrons. The minimum absolute atomic E-state index is 0.0102. The van der Waals surface area contributed by atoms with Crippen LogP contribution in [0, 0.1) is 6.92 Å². The number of carbonyl (C=O) groups is 1. The van der Waals surface area contributed by atoms with Gasteiger partial charge in [0.15, 0.2) is 5.78 Å². The molecule has 3 nitrogen and oxygen atoms in total. The molecule has 0 bridgehead atoms. The first-order valence-electron chi connectivity index (χ1n) is 6.02. The van der Waals surface area contributed by atoms with Crippen molar-refractivity contribution < 1.29 is 4.79 Å². The summed E-state index contributed by atoms with van der Waals surface area (Å²) < 4.78 is 0. The Hall–Kier alpha value is -2.07. The van der Waals surface area contributed by atoms with Crippen molar-refractivity contribution in [3.05, 3.63) is 58.2 Å². The molecule has 2 heterocycles. The van der Waals surface area contributed by atoms with Gasteiger partial charge in [-0.3, -0.25) is 4.79 Å². The molecule has 0 saturated carbocycles. The van der Waals surface area contributed by atoms with Gasteiger partial charge in [0.25, 0.3) is 0 Å². The second-order valence-electron chi connectivity index (χ2n) is 4.35. The molecule has 94 valence electrons. The van der Waals surface area contributed by atoms with Crippen molar-refractivity contribution in [2.75, 3.05) is 0 Å². The van der Waals surface area contributed by atoms with Gasteiger partial charge in [0.2, 0.25) is 0 Å². The van der Waals surface area contributed by atoms with Gasteiger partial charge in [-0.2, -0.15) is 0 Å². The largest absolute Gasteiger partial charge is 0.292 e. The summed E-state index contributed by atoms with van der Waals surface area (Å²) in [7, 11) is 0. The number of para-hydroxylation sites is 1. The average Bonchev–Trinajstić information content (AvgIpc) is 2.83. The zero-order valence-electron chi connectivity index (χ0n) is 10.5. The smallest absolute Gasteiger partial charge is 0.187 e. The maximum absolute atomic E-state index is 12.2. The Morgan fingerprint density at radius 3 is 2.79 bits per heavy atom. The predicted molar refractivity (Wildman–Crippen MR) is 76.6 cm³/mol. The molecule has 3 aromatic rings. The maximum atomic E-state index is 12.2. The van der Waals surface area contributed by atoms with Crippen LogP contribution in [0.4, 0.5) is 0 Å². The molecule has 0 N–H and O–H groups in total. The van der Waals surface area contributed by atoms with E-state index in [1.807, 2.05) is 42.6 Å². The zero-order valence-corrected chi connectivity index (χ0v) is 11.3. The summed E-state index contributed by atoms with van der Waals surface area (Å²) in [6.07, 6.45) is 0.315. The van der Waals surface area contributed by atoms with Crippen LogP contribution in [0.25, 0.3) is 10.9 Å². The highest BCUT2D eigenvalue weighted by atomic mass is 32.1. The molecule has 19 heavy (non-hydrogen) atoms. The van der Waals surface area contributed by atoms with Crippen LogP contribution in [0.2, 0.25) is 0 Å². The van der Waals surface area contributed by atoms with E-state index in [4.69, 9.17) is 0 Å². The number of pyridine rings is 1. The van der Waals surface area contributed by atoms with Gasteiger partial charge in [-0.05, 0) is 19.1 Å². The van der Waals surface area contributed by atoms with Crippen LogP contribution in [0.15, 0.2) is 41.8 Å². The summed E-state index contributed by atoms with van der Waals surface area (Å²) in [4.78, 5) is 20.9. The van der Waals surface area contributed by atoms with Crippen LogP contribution in [0.1, 0.15) is 21.2 Å². The lowest BCUT2D eigenvalue weighted by Crippen LogP contribution is -2.06. The Kier molecular flexibility index (Phi) is 3.09. The maximum Gasteiger partial charge on any atom is 0.187 e. The third kappa shape index (κ3) is 2.53. The van der Waals surface area contributed by atoms with Crippen LogP contribution >= 0.6 is 11.3 Å². The van der Waals surface area contributed by atoms with E-state index >= 15 is 0 Å². The number of rotatable bonds is 3. The fourth-order valence-electron chi connectivity index (χ4n) is 1.97. The Bertz CT molecular complexity index is 748. The minimum atomic E-state index is 0.0102. The van der Waals surface area contributed by atoms with Crippen molar-refractivity contribution in [1.82, 2.24) is 9.97 Å². The van der Waals surface area contributed by atoms with Crippen molar-refractivity contribution in [3.8, 4) is 0 Å². The fourth-order valence-corrected chi connectivity index (χ4v) is 2.58. The lowest BCUT2D eigenvalue weighted by atomic mass is 10.1. The molecular formula is C15H12N2OS. The van der Waals surface area contributed by atoms with Crippen LogP contribution in [0.3, 0.4) is 0 Å². The van der Waals surface area contributed by atoms with E-state index in [0.29, 0.717) is 12.1 Å². The van der Waals surface area contributed by atoms with Gasteiger partial charge >= 0.3 is 0 Å². The van der Waals surface area contributed by atoms with Crippen LogP contribution in [-0.2, 0) is 6.42 Å². The van der Waals surface area contributed by atoms with E-state index in [9.17, 15) is 4.79 Å². The first kappa shape index (κ1) is 12.0. The van der Waals surface area contributed by atoms with Gasteiger partial charge in [-0.1, -0.05) is 24.3 Å². The number of hydrogen-bond donors (Lipinski definition) is 0. The number of ketones is 1. The van der Waals surface area contributed by atoms with Crippen molar-refractivity contribution in [2.45, 2.75) is 13.3 Å². The number of carbonyl (C=O) groups excluding carboxylic acids is 1. The topological polar surface area (TPSA) is 42.9 Å². The van der Waals surface area contributed by atoms with Crippen molar-refractivity contribution >= 4 is 28.0 Å². The summed E-state index contributed by atoms with van der Waals surface area (Å²) in [6, 6.07) is 11.5. The summed E-state index contributed by atoms with van der Waals surface area (Å²) >= 11 is 1.56. The molecule has 0 aliphatic heterocycles. The molecule has 0 atom stereocenters. The first-order valence-corrected chi connectivity index (χ1v) is 6.90. The lowest BCUT2D eigenvalue weighted by Gasteiger charge is -2.01. The van der Waals surface area contributed by atoms with E-state index in [1.165, 1.54) is 0 Å². The van der Waals surface area contributed by atoms with E-state index in [-0.39, 0.29) is 5.78 Å². The SMILES string of the molecule is Cc1nc(CC(=O)c2ccc3ccccc3n2)cs1. The number of nitrogens with zero attached hydrogens (tertiary/aromatic N) is 2. The van der Waals surface area contributed by atoms with E-state index in [0.717, 1.165) is 21.6 Å². The highest BCUT2D eigenvalue weighted by Crippen LogP contribution is 2.14. The number of Topliss-reactive ketones (excluding diaryl/α,β-unsaturated/α-hetero) is 1. The van der Waals surface area contributed by atoms with E-state index in [2.05, 4.69) is 9.97 Å². The highest BCUT2D eigenvalue weighted by Gasteiger charge is 2.11. The summed E-state index contributed by atoms with van der Waals surface area (Å²) in [6.45, 7) is 1.94. The number of aromatic nitrogens is 2. The van der Waals surface area contributed by atoms with Crippen molar-refractivity contribution in [2.24, 2.45) is 0 Å². The Morgan fingerprint density at radius 1 is 1.16 bits per heavy atom. The molecule has 0 unspecified atom stereocenters. The standard InChI is InChI=1S/C15H12N2OS/c1-10-16-12(9-19-10)8-15(18)14-7-6-11-4-2-3-5-13(11)17-14/h2-7,9H,8H2,1H3. The van der Waals surface area contributed by atoms with Crippen LogP contribution < -0.4 is 0 Å². The van der Waals surface area contributed by atoms with Gasteiger partial charge in [-0.15, -0.1) is 11.3 Å². The molecule has 0 aliphatic carbocycles. The fraction of sp³-hybridized carbons (Fsp3) is 0.133. The Balaban J connectivity index is 1.89. The summed E-state index contributed by atoms with van der Waals surface area (Å²) in [5, 5.41) is 3.95. The minimum Gasteiger partial charge on any atom is -0.292 e. The monoisotopic (exact) mass is 268 g/mol. The Morgan fingerprint density at radius 2 is 2.00 bits per heavy atom. The van der Waals surface area contributed by atoms with Gasteiger partial charge in [0.1, 0.15) is 5.69 Å². The second-order valence-corrected chi connectivity index (χ2v) is 5.41. The number of hydrogen-bond acceptors (Lipinski definition) is 4. The predicted octanol–water partition coefficient (Wildman–Crippen LogP) is 3.43. The number of aryl methyl sites for hydroxylation is 1. The third-order valence-corrected chi connectivity index (χ3v) is 3.71. The van der Waals surface area contributed by atoms with E-state index < -0.39 is 0 Å². The highest BCUT2D eigenvalue weighted by molar-refractivity contribution is 7.09. The molecule has 0 spiro atoms. The van der Waals surface area contributed by atoms with Crippen molar-refractivity contribution in [3.63, 3.8) is 0 Å². The lowest BCUT2D eigenvalue weighted by molar-refractivity contribution is 0.0987. The number of thiazole rings is 1. The summed E-state index contributed by atoms with van der Waals surface area (Å²) in [5.41, 5.74) is 2.18. The third-order valence-electron chi connectivity index (χ3n) is 2.89. The molecule has 3 rings (SSSR count). The zero-order chi connectivity index (χ0) is 13.2. The quantitative estimate of drug-likeness (QED) is 0.683. The normalized spacial score (nSPS) is 10.8. The number of fused-ring (bicyclic) bond motifs is 1. The molecule has 4 heteroatoms. The molecule has 0 fully saturated rings. The van der Waals surface area contributed by atoms with Crippen LogP contribution in [-0.4, -0.2) is 15.8 Å². The Labute approximate surface area is 115 Å². The molecular weight excluding hydrogens is 256 g/mol. The second kappa shape index (κ2) is 4.90. The first-order chi connectivity index (χ1) is 9.22. The molecule has 0 amide bonds.